The lowest BCUT2D eigenvalue weighted by Gasteiger charge is -2.09. The Balaban J connectivity index is 1.96. The van der Waals surface area contributed by atoms with Gasteiger partial charge in [-0.05, 0) is 55.0 Å². The van der Waals surface area contributed by atoms with Gasteiger partial charge < -0.3 is 4.74 Å². The largest absolute Gasteiger partial charge is 0.497 e. The first-order valence-electron chi connectivity index (χ1n) is 7.05. The molecule has 22 heavy (non-hydrogen) atoms. The minimum absolute atomic E-state index is 0.854. The van der Waals surface area contributed by atoms with Gasteiger partial charge in [0.05, 0.1) is 12.8 Å². The maximum absolute atomic E-state index is 5.19. The van der Waals surface area contributed by atoms with Crippen molar-refractivity contribution >= 4 is 15.9 Å². The fraction of sp³-hybridized carbons (Fsp3) is 0.105. The molecule has 0 aliphatic rings. The quantitative estimate of drug-likeness (QED) is 0.620. The number of hydrogen-bond acceptors (Lipinski definition) is 2. The highest BCUT2D eigenvalue weighted by Crippen LogP contribution is 2.27. The van der Waals surface area contributed by atoms with E-state index in [1.165, 1.54) is 5.56 Å². The van der Waals surface area contributed by atoms with Crippen molar-refractivity contribution < 1.29 is 4.74 Å². The predicted octanol–water partition coefficient (Wildman–Crippen LogP) is 5.50. The zero-order valence-corrected chi connectivity index (χ0v) is 14.1. The molecule has 0 unspecified atom stereocenters. The Bertz CT molecular complexity index is 780. The van der Waals surface area contributed by atoms with Crippen LogP contribution in [0.15, 0.2) is 65.1 Å². The molecular formula is C19H16BrNO. The van der Waals surface area contributed by atoms with Crippen LogP contribution in [0.1, 0.15) is 5.69 Å². The second kappa shape index (κ2) is 6.32. The second-order valence-corrected chi connectivity index (χ2v) is 5.98. The normalized spacial score (nSPS) is 10.5. The molecule has 0 spiro atoms. The smallest absolute Gasteiger partial charge is 0.118 e. The van der Waals surface area contributed by atoms with Gasteiger partial charge in [-0.2, -0.15) is 0 Å². The van der Waals surface area contributed by atoms with Crippen LogP contribution in [0.3, 0.4) is 0 Å². The van der Waals surface area contributed by atoms with Crippen LogP contribution in [0.5, 0.6) is 5.75 Å². The van der Waals surface area contributed by atoms with Crippen LogP contribution in [0.4, 0.5) is 0 Å². The highest BCUT2D eigenvalue weighted by Gasteiger charge is 2.06. The van der Waals surface area contributed by atoms with E-state index in [4.69, 9.17) is 9.72 Å². The van der Waals surface area contributed by atoms with Crippen molar-refractivity contribution in [2.24, 2.45) is 0 Å². The first kappa shape index (κ1) is 14.8. The molecule has 0 aliphatic heterocycles. The van der Waals surface area contributed by atoms with Gasteiger partial charge in [-0.3, -0.25) is 4.98 Å². The number of benzene rings is 2. The van der Waals surface area contributed by atoms with E-state index in [2.05, 4.69) is 40.2 Å². The average Bonchev–Trinajstić information content (AvgIpc) is 2.56. The maximum Gasteiger partial charge on any atom is 0.118 e. The summed E-state index contributed by atoms with van der Waals surface area (Å²) in [4.78, 5) is 4.75. The van der Waals surface area contributed by atoms with Crippen LogP contribution in [-0.2, 0) is 0 Å². The minimum Gasteiger partial charge on any atom is -0.497 e. The summed E-state index contributed by atoms with van der Waals surface area (Å²) < 4.78 is 6.27. The van der Waals surface area contributed by atoms with Crippen molar-refractivity contribution in [2.45, 2.75) is 6.92 Å². The van der Waals surface area contributed by atoms with E-state index in [1.54, 1.807) is 7.11 Å². The second-order valence-electron chi connectivity index (χ2n) is 5.06. The number of pyridine rings is 1. The molecule has 2 aromatic carbocycles. The summed E-state index contributed by atoms with van der Waals surface area (Å²) in [5.41, 5.74) is 5.42. The fourth-order valence-electron chi connectivity index (χ4n) is 2.42. The molecule has 0 atom stereocenters. The highest BCUT2D eigenvalue weighted by atomic mass is 79.9. The molecule has 0 saturated heterocycles. The topological polar surface area (TPSA) is 22.1 Å². The van der Waals surface area contributed by atoms with Gasteiger partial charge in [-0.15, -0.1) is 0 Å². The van der Waals surface area contributed by atoms with Gasteiger partial charge in [0.15, 0.2) is 0 Å². The van der Waals surface area contributed by atoms with Gasteiger partial charge >= 0.3 is 0 Å². The molecule has 3 heteroatoms. The van der Waals surface area contributed by atoms with E-state index in [1.807, 2.05) is 43.3 Å². The van der Waals surface area contributed by atoms with Gasteiger partial charge in [-0.25, -0.2) is 0 Å². The van der Waals surface area contributed by atoms with Crippen LogP contribution >= 0.6 is 15.9 Å². The van der Waals surface area contributed by atoms with Gasteiger partial charge in [0.2, 0.25) is 0 Å². The van der Waals surface area contributed by atoms with Gasteiger partial charge in [0.1, 0.15) is 5.75 Å². The monoisotopic (exact) mass is 353 g/mol. The lowest BCUT2D eigenvalue weighted by atomic mass is 10.0. The third-order valence-electron chi connectivity index (χ3n) is 3.63. The van der Waals surface area contributed by atoms with Crippen LogP contribution in [0.25, 0.3) is 22.4 Å². The Morgan fingerprint density at radius 3 is 2.05 bits per heavy atom. The van der Waals surface area contributed by atoms with Crippen LogP contribution < -0.4 is 4.74 Å². The summed E-state index contributed by atoms with van der Waals surface area (Å²) in [7, 11) is 1.67. The Kier molecular flexibility index (Phi) is 4.25. The molecule has 3 aromatic rings. The number of rotatable bonds is 3. The van der Waals surface area contributed by atoms with Crippen LogP contribution in [0.2, 0.25) is 0 Å². The average molecular weight is 354 g/mol. The Hall–Kier alpha value is -2.13. The molecule has 110 valence electrons. The molecule has 0 radical (unpaired) electrons. The predicted molar refractivity (Wildman–Crippen MR) is 94.1 cm³/mol. The SMILES string of the molecule is COc1ccc(-c2ccc(-c3ccc(Br)cc3)c(C)n2)cc1. The summed E-state index contributed by atoms with van der Waals surface area (Å²) in [6.07, 6.45) is 0. The van der Waals surface area contributed by atoms with Crippen molar-refractivity contribution in [1.82, 2.24) is 4.98 Å². The van der Waals surface area contributed by atoms with Crippen LogP contribution in [0, 0.1) is 6.92 Å². The van der Waals surface area contributed by atoms with Gasteiger partial charge in [0, 0.05) is 21.3 Å². The molecule has 1 heterocycles. The zero-order valence-electron chi connectivity index (χ0n) is 12.5. The molecule has 0 saturated carbocycles. The molecule has 3 rings (SSSR count). The van der Waals surface area contributed by atoms with Crippen LogP contribution in [-0.4, -0.2) is 12.1 Å². The number of hydrogen-bond donors (Lipinski definition) is 0. The summed E-state index contributed by atoms with van der Waals surface area (Å²) in [5.74, 6) is 0.854. The molecule has 1 aromatic heterocycles. The Labute approximate surface area is 138 Å². The molecular weight excluding hydrogens is 338 g/mol. The Morgan fingerprint density at radius 2 is 1.45 bits per heavy atom. The van der Waals surface area contributed by atoms with E-state index < -0.39 is 0 Å². The maximum atomic E-state index is 5.19. The molecule has 0 aliphatic carbocycles. The number of halogens is 1. The molecule has 0 bridgehead atoms. The Morgan fingerprint density at radius 1 is 0.818 bits per heavy atom. The number of ether oxygens (including phenoxy) is 1. The third-order valence-corrected chi connectivity index (χ3v) is 4.16. The molecule has 0 fully saturated rings. The van der Waals surface area contributed by atoms with Crippen molar-refractivity contribution in [2.75, 3.05) is 7.11 Å². The van der Waals surface area contributed by atoms with Gasteiger partial charge in [0.25, 0.3) is 0 Å². The first-order valence-corrected chi connectivity index (χ1v) is 7.84. The first-order chi connectivity index (χ1) is 10.7. The van der Waals surface area contributed by atoms with Gasteiger partial charge in [-0.1, -0.05) is 34.1 Å². The fourth-order valence-corrected chi connectivity index (χ4v) is 2.68. The summed E-state index contributed by atoms with van der Waals surface area (Å²) in [5, 5.41) is 0. The number of aromatic nitrogens is 1. The van der Waals surface area contributed by atoms with E-state index in [9.17, 15) is 0 Å². The zero-order chi connectivity index (χ0) is 15.5. The lowest BCUT2D eigenvalue weighted by molar-refractivity contribution is 0.415. The number of nitrogens with zero attached hydrogens (tertiary/aromatic N) is 1. The van der Waals surface area contributed by atoms with Crippen molar-refractivity contribution in [1.29, 1.82) is 0 Å². The van der Waals surface area contributed by atoms with Crippen molar-refractivity contribution in [3.63, 3.8) is 0 Å². The summed E-state index contributed by atoms with van der Waals surface area (Å²) >= 11 is 3.46. The number of methoxy groups -OCH3 is 1. The standard InChI is InChI=1S/C19H16BrNO/c1-13-18(14-3-7-16(20)8-4-14)11-12-19(21-13)15-5-9-17(22-2)10-6-15/h3-12H,1-2H3. The van der Waals surface area contributed by atoms with E-state index in [-0.39, 0.29) is 0 Å². The molecule has 0 amide bonds. The van der Waals surface area contributed by atoms with Crippen molar-refractivity contribution in [3.8, 4) is 28.1 Å². The van der Waals surface area contributed by atoms with E-state index in [0.29, 0.717) is 0 Å². The van der Waals surface area contributed by atoms with Crippen molar-refractivity contribution in [3.05, 3.63) is 70.8 Å². The van der Waals surface area contributed by atoms with E-state index in [0.717, 1.165) is 32.7 Å². The molecule has 2 nitrogen and oxygen atoms in total. The summed E-state index contributed by atoms with van der Waals surface area (Å²) in [6.45, 7) is 2.05. The summed E-state index contributed by atoms with van der Waals surface area (Å²) in [6, 6.07) is 20.4. The minimum atomic E-state index is 0.854. The third kappa shape index (κ3) is 3.04. The highest BCUT2D eigenvalue weighted by molar-refractivity contribution is 9.10. The lowest BCUT2D eigenvalue weighted by Crippen LogP contribution is -1.91. The number of aryl methyl sites for hydroxylation is 1. The molecule has 0 N–H and O–H groups in total. The van der Waals surface area contributed by atoms with E-state index >= 15 is 0 Å².